The van der Waals surface area contributed by atoms with Crippen LogP contribution in [0.4, 0.5) is 0 Å². The second-order valence-corrected chi connectivity index (χ2v) is 3.04. The van der Waals surface area contributed by atoms with E-state index < -0.39 is 0 Å². The van der Waals surface area contributed by atoms with Crippen molar-refractivity contribution < 1.29 is 0 Å². The van der Waals surface area contributed by atoms with Gasteiger partial charge in [-0.25, -0.2) is 4.98 Å². The van der Waals surface area contributed by atoms with Crippen LogP contribution in [0.1, 0.15) is 5.56 Å². The number of rotatable bonds is 3. The van der Waals surface area contributed by atoms with Gasteiger partial charge in [-0.1, -0.05) is 35.9 Å². The molecule has 2 aromatic rings. The van der Waals surface area contributed by atoms with E-state index in [1.807, 2.05) is 24.8 Å². The first-order valence-corrected chi connectivity index (χ1v) is 4.45. The van der Waals surface area contributed by atoms with Crippen molar-refractivity contribution in [3.63, 3.8) is 0 Å². The highest BCUT2D eigenvalue weighted by Gasteiger charge is 1.95. The van der Waals surface area contributed by atoms with Gasteiger partial charge in [0.15, 0.2) is 0 Å². The van der Waals surface area contributed by atoms with Gasteiger partial charge < -0.3 is 4.48 Å². The van der Waals surface area contributed by atoms with Gasteiger partial charge in [0.05, 0.1) is 6.33 Å². The average Bonchev–Trinajstić information content (AvgIpc) is 2.69. The molecule has 0 unspecified atom stereocenters. The molecule has 0 fully saturated rings. The summed E-state index contributed by atoms with van der Waals surface area (Å²) >= 11 is 0. The van der Waals surface area contributed by atoms with Crippen molar-refractivity contribution in [2.24, 2.45) is 0 Å². The maximum Gasteiger partial charge on any atom is 0.247 e. The maximum absolute atomic E-state index is 4.00. The summed E-state index contributed by atoms with van der Waals surface area (Å²) in [5.41, 5.74) is 1.37. The summed E-state index contributed by atoms with van der Waals surface area (Å²) in [6.45, 7) is 0. The normalized spacial score (nSPS) is 9.85. The van der Waals surface area contributed by atoms with Crippen LogP contribution in [0.5, 0.6) is 0 Å². The highest BCUT2D eigenvalue weighted by molar-refractivity contribution is 6.32. The van der Waals surface area contributed by atoms with Gasteiger partial charge in [-0.15, -0.1) is 0 Å². The van der Waals surface area contributed by atoms with Crippen molar-refractivity contribution in [2.75, 3.05) is 0 Å². The van der Waals surface area contributed by atoms with Gasteiger partial charge in [-0.05, 0) is 6.32 Å². The number of hydrogen-bond donors (Lipinski definition) is 0. The molecule has 0 aliphatic carbocycles. The summed E-state index contributed by atoms with van der Waals surface area (Å²) in [6, 6.07) is 10.5. The molecule has 2 rings (SSSR count). The van der Waals surface area contributed by atoms with E-state index in [9.17, 15) is 0 Å². The van der Waals surface area contributed by atoms with E-state index in [1.54, 1.807) is 0 Å². The predicted octanol–water partition coefficient (Wildman–Crippen LogP) is 1.28. The molecule has 0 N–H and O–H groups in total. The number of nitrogens with zero attached hydrogens (tertiary/aromatic N) is 2. The molecule has 2 nitrogen and oxygen atoms in total. The first kappa shape index (κ1) is 8.11. The van der Waals surface area contributed by atoms with E-state index in [1.165, 1.54) is 5.56 Å². The lowest BCUT2D eigenvalue weighted by molar-refractivity contribution is 1.16. The molecule has 0 aliphatic rings. The fourth-order valence-electron chi connectivity index (χ4n) is 1.32. The standard InChI is InChI=1S/C10H11BN2/c1-2-4-10(5-3-1)8-11-13-7-6-12-9-13/h1-7,9,11H,8H2. The Kier molecular flexibility index (Phi) is 2.46. The van der Waals surface area contributed by atoms with Crippen molar-refractivity contribution in [1.82, 2.24) is 9.46 Å². The van der Waals surface area contributed by atoms with Crippen molar-refractivity contribution in [1.29, 1.82) is 0 Å². The Morgan fingerprint density at radius 3 is 2.77 bits per heavy atom. The van der Waals surface area contributed by atoms with Crippen molar-refractivity contribution in [3.8, 4) is 0 Å². The maximum atomic E-state index is 4.00. The molecule has 3 heteroatoms. The number of imidazole rings is 1. The quantitative estimate of drug-likeness (QED) is 0.634. The SMILES string of the molecule is B(Cc1ccccc1)n1ccnc1. The molecule has 0 saturated heterocycles. The largest absolute Gasteiger partial charge is 0.385 e. The van der Waals surface area contributed by atoms with Crippen LogP contribution in [0.15, 0.2) is 49.1 Å². The van der Waals surface area contributed by atoms with Gasteiger partial charge >= 0.3 is 0 Å². The van der Waals surface area contributed by atoms with Gasteiger partial charge in [0.1, 0.15) is 0 Å². The van der Waals surface area contributed by atoms with Gasteiger partial charge in [0.2, 0.25) is 7.41 Å². The number of aromatic nitrogens is 2. The van der Waals surface area contributed by atoms with E-state index in [4.69, 9.17) is 0 Å². The fraction of sp³-hybridized carbons (Fsp3) is 0.100. The molecule has 0 bridgehead atoms. The molecule has 0 amide bonds. The lowest BCUT2D eigenvalue weighted by Gasteiger charge is -1.99. The topological polar surface area (TPSA) is 17.8 Å². The minimum atomic E-state index is 1.00. The minimum absolute atomic E-state index is 1.00. The number of hydrogen-bond acceptors (Lipinski definition) is 1. The molecule has 0 radical (unpaired) electrons. The average molecular weight is 170 g/mol. The van der Waals surface area contributed by atoms with Crippen LogP contribution in [-0.2, 0) is 6.32 Å². The third kappa shape index (κ3) is 2.21. The molecule has 64 valence electrons. The Morgan fingerprint density at radius 2 is 2.08 bits per heavy atom. The molecule has 13 heavy (non-hydrogen) atoms. The summed E-state index contributed by atoms with van der Waals surface area (Å²) in [7, 11) is 1.00. The van der Waals surface area contributed by atoms with Crippen LogP contribution in [0.25, 0.3) is 0 Å². The van der Waals surface area contributed by atoms with Gasteiger partial charge in [-0.3, -0.25) is 0 Å². The summed E-state index contributed by atoms with van der Waals surface area (Å²) in [4.78, 5) is 4.00. The van der Waals surface area contributed by atoms with Crippen LogP contribution >= 0.6 is 0 Å². The smallest absolute Gasteiger partial charge is 0.247 e. The van der Waals surface area contributed by atoms with Gasteiger partial charge in [0.25, 0.3) is 0 Å². The Morgan fingerprint density at radius 1 is 1.23 bits per heavy atom. The molecule has 1 aromatic carbocycles. The second-order valence-electron chi connectivity index (χ2n) is 3.04. The Hall–Kier alpha value is -1.51. The summed E-state index contributed by atoms with van der Waals surface area (Å²) in [6.07, 6.45) is 6.72. The van der Waals surface area contributed by atoms with E-state index in [-0.39, 0.29) is 0 Å². The first-order chi connectivity index (χ1) is 6.45. The van der Waals surface area contributed by atoms with E-state index in [0.717, 1.165) is 13.7 Å². The van der Waals surface area contributed by atoms with Crippen molar-refractivity contribution in [3.05, 3.63) is 54.6 Å². The van der Waals surface area contributed by atoms with Crippen LogP contribution in [-0.4, -0.2) is 16.9 Å². The van der Waals surface area contributed by atoms with Crippen LogP contribution in [0, 0.1) is 0 Å². The van der Waals surface area contributed by atoms with Crippen molar-refractivity contribution >= 4 is 7.41 Å². The van der Waals surface area contributed by atoms with Crippen molar-refractivity contribution in [2.45, 2.75) is 6.32 Å². The van der Waals surface area contributed by atoms with E-state index in [0.29, 0.717) is 0 Å². The highest BCUT2D eigenvalue weighted by Crippen LogP contribution is 1.98. The highest BCUT2D eigenvalue weighted by atomic mass is 14.9. The molecule has 1 heterocycles. The third-order valence-corrected chi connectivity index (χ3v) is 2.06. The zero-order valence-electron chi connectivity index (χ0n) is 7.43. The van der Waals surface area contributed by atoms with Gasteiger partial charge in [-0.2, -0.15) is 0 Å². The number of benzene rings is 1. The molecule has 1 aromatic heterocycles. The van der Waals surface area contributed by atoms with E-state index in [2.05, 4.69) is 33.7 Å². The second kappa shape index (κ2) is 3.94. The van der Waals surface area contributed by atoms with Gasteiger partial charge in [0, 0.05) is 12.4 Å². The molecule has 0 atom stereocenters. The predicted molar refractivity (Wildman–Crippen MR) is 54.9 cm³/mol. The Labute approximate surface area is 78.5 Å². The lowest BCUT2D eigenvalue weighted by Crippen LogP contribution is -2.07. The molecule has 0 aliphatic heterocycles. The minimum Gasteiger partial charge on any atom is -0.385 e. The Bertz CT molecular complexity index is 342. The zero-order valence-corrected chi connectivity index (χ0v) is 7.43. The summed E-state index contributed by atoms with van der Waals surface area (Å²) < 4.78 is 2.09. The Balaban J connectivity index is 1.94. The fourth-order valence-corrected chi connectivity index (χ4v) is 1.32. The van der Waals surface area contributed by atoms with E-state index >= 15 is 0 Å². The molecular formula is C10H11BN2. The van der Waals surface area contributed by atoms with Crippen LogP contribution < -0.4 is 0 Å². The molecule has 0 saturated carbocycles. The molecular weight excluding hydrogens is 159 g/mol. The van der Waals surface area contributed by atoms with Crippen LogP contribution in [0.3, 0.4) is 0 Å². The first-order valence-electron chi connectivity index (χ1n) is 4.45. The lowest BCUT2D eigenvalue weighted by atomic mass is 9.84. The van der Waals surface area contributed by atoms with Crippen LogP contribution in [0.2, 0.25) is 0 Å². The monoisotopic (exact) mass is 170 g/mol. The third-order valence-electron chi connectivity index (χ3n) is 2.06. The summed E-state index contributed by atoms with van der Waals surface area (Å²) in [5, 5.41) is 0. The zero-order chi connectivity index (χ0) is 8.93. The summed E-state index contributed by atoms with van der Waals surface area (Å²) in [5.74, 6) is 0. The molecule has 0 spiro atoms.